The van der Waals surface area contributed by atoms with E-state index in [0.717, 1.165) is 23.3 Å². The summed E-state index contributed by atoms with van der Waals surface area (Å²) >= 11 is 0. The third kappa shape index (κ3) is 5.39. The first-order chi connectivity index (χ1) is 18.6. The molecule has 4 nitrogen and oxygen atoms in total. The summed E-state index contributed by atoms with van der Waals surface area (Å²) in [5.41, 5.74) is -4.35. The van der Waals surface area contributed by atoms with E-state index < -0.39 is 46.7 Å². The van der Waals surface area contributed by atoms with Gasteiger partial charge in [0.25, 0.3) is 5.60 Å². The lowest BCUT2D eigenvalue weighted by molar-refractivity contribution is -0.376. The van der Waals surface area contributed by atoms with Crippen molar-refractivity contribution >= 4 is 6.03 Å². The highest BCUT2D eigenvalue weighted by molar-refractivity contribution is 5.75. The van der Waals surface area contributed by atoms with E-state index in [4.69, 9.17) is 0 Å². The van der Waals surface area contributed by atoms with Gasteiger partial charge in [0.15, 0.2) is 0 Å². The monoisotopic (exact) mass is 568 g/mol. The number of hydrogen-bond donors (Lipinski definition) is 2. The van der Waals surface area contributed by atoms with Gasteiger partial charge in [-0.3, -0.25) is 0 Å². The molecule has 214 valence electrons. The summed E-state index contributed by atoms with van der Waals surface area (Å²) in [5.74, 6) is -1.06. The predicted molar refractivity (Wildman–Crippen MR) is 134 cm³/mol. The van der Waals surface area contributed by atoms with Gasteiger partial charge in [0.1, 0.15) is 5.82 Å². The topological polar surface area (TPSA) is 52.6 Å². The van der Waals surface area contributed by atoms with Crippen LogP contribution in [0.4, 0.5) is 35.5 Å². The first kappa shape index (κ1) is 29.4. The summed E-state index contributed by atoms with van der Waals surface area (Å²) < 4.78 is 93.9. The van der Waals surface area contributed by atoms with Crippen LogP contribution in [0.2, 0.25) is 0 Å². The Morgan fingerprint density at radius 1 is 0.925 bits per heavy atom. The molecule has 0 aliphatic carbocycles. The number of carbonyl (C=O) groups is 1. The minimum absolute atomic E-state index is 0.0930. The number of amides is 2. The molecule has 0 unspecified atom stereocenters. The zero-order chi connectivity index (χ0) is 29.5. The summed E-state index contributed by atoms with van der Waals surface area (Å²) in [7, 11) is 0. The minimum atomic E-state index is -6.00. The Morgan fingerprint density at radius 2 is 1.48 bits per heavy atom. The second-order valence-corrected chi connectivity index (χ2v) is 10.3. The molecule has 2 N–H and O–H groups in total. The van der Waals surface area contributed by atoms with Crippen LogP contribution < -0.4 is 5.32 Å². The molecule has 0 spiro atoms. The summed E-state index contributed by atoms with van der Waals surface area (Å²) in [6, 6.07) is 16.1. The highest BCUT2D eigenvalue weighted by Crippen LogP contribution is 2.51. The van der Waals surface area contributed by atoms with E-state index in [1.165, 1.54) is 29.2 Å². The molecule has 1 saturated heterocycles. The average Bonchev–Trinajstić information content (AvgIpc) is 3.25. The lowest BCUT2D eigenvalue weighted by Crippen LogP contribution is -2.53. The van der Waals surface area contributed by atoms with Gasteiger partial charge in [-0.1, -0.05) is 73.2 Å². The first-order valence-electron chi connectivity index (χ1n) is 12.4. The van der Waals surface area contributed by atoms with E-state index in [9.17, 15) is 40.6 Å². The Kier molecular flexibility index (Phi) is 7.66. The maximum Gasteiger partial charge on any atom is 0.430 e. The highest BCUT2D eigenvalue weighted by atomic mass is 19.4. The van der Waals surface area contributed by atoms with Crippen molar-refractivity contribution in [2.24, 2.45) is 0 Å². The number of halogens is 7. The van der Waals surface area contributed by atoms with Gasteiger partial charge >= 0.3 is 18.4 Å². The van der Waals surface area contributed by atoms with Gasteiger partial charge in [-0.25, -0.2) is 9.18 Å². The maximum absolute atomic E-state index is 13.7. The second kappa shape index (κ2) is 10.4. The Labute approximate surface area is 226 Å². The molecular weight excluding hydrogens is 541 g/mol. The van der Waals surface area contributed by atoms with E-state index >= 15 is 0 Å². The van der Waals surface area contributed by atoms with Crippen LogP contribution in [0.1, 0.15) is 40.7 Å². The molecule has 0 radical (unpaired) electrons. The van der Waals surface area contributed by atoms with Crippen molar-refractivity contribution in [2.45, 2.75) is 49.7 Å². The van der Waals surface area contributed by atoms with Crippen molar-refractivity contribution in [3.8, 4) is 0 Å². The number of alkyl halides is 6. The molecule has 0 bridgehead atoms. The number of rotatable bonds is 5. The SMILES string of the molecule is Cc1ccc(CNC(=O)N2C[C@@H](c3ccc(C(O)(C(F)(F)F)C(F)(F)F)cc3)[C@@](C)(c3ccc(F)cc3)C2)cc1. The Bertz CT molecular complexity index is 1320. The standard InChI is InChI=1S/C29H27F7N2O2/c1-18-3-5-19(6-4-18)15-37-25(39)38-16-24(26(2,17-38)21-11-13-23(30)14-12-21)20-7-9-22(10-8-20)27(40,28(31,32)33)29(34,35)36/h3-14,24,40H,15-17H2,1-2H3,(H,37,39)/t24-,26+/m0/s1. The van der Waals surface area contributed by atoms with Crippen molar-refractivity contribution in [1.29, 1.82) is 0 Å². The molecule has 40 heavy (non-hydrogen) atoms. The number of aryl methyl sites for hydroxylation is 1. The maximum atomic E-state index is 13.7. The van der Waals surface area contributed by atoms with Crippen LogP contribution in [0.5, 0.6) is 0 Å². The fourth-order valence-corrected chi connectivity index (χ4v) is 5.18. The van der Waals surface area contributed by atoms with E-state index in [0.29, 0.717) is 23.3 Å². The van der Waals surface area contributed by atoms with Crippen LogP contribution in [-0.2, 0) is 17.6 Å². The smallest absolute Gasteiger partial charge is 0.369 e. The fourth-order valence-electron chi connectivity index (χ4n) is 5.18. The Morgan fingerprint density at radius 3 is 2.00 bits per heavy atom. The summed E-state index contributed by atoms with van der Waals surface area (Å²) in [4.78, 5) is 14.6. The fraction of sp³-hybridized carbons (Fsp3) is 0.345. The minimum Gasteiger partial charge on any atom is -0.369 e. The molecule has 2 atom stereocenters. The number of benzene rings is 3. The number of nitrogens with one attached hydrogen (secondary N) is 1. The number of hydrogen-bond acceptors (Lipinski definition) is 2. The van der Waals surface area contributed by atoms with Crippen molar-refractivity contribution in [1.82, 2.24) is 10.2 Å². The molecule has 3 aromatic carbocycles. The molecule has 0 saturated carbocycles. The van der Waals surface area contributed by atoms with Crippen molar-refractivity contribution in [2.75, 3.05) is 13.1 Å². The second-order valence-electron chi connectivity index (χ2n) is 10.3. The number of likely N-dealkylation sites (tertiary alicyclic amines) is 1. The lowest BCUT2D eigenvalue weighted by Gasteiger charge is -2.34. The van der Waals surface area contributed by atoms with E-state index in [1.54, 1.807) is 6.92 Å². The summed E-state index contributed by atoms with van der Waals surface area (Å²) in [5, 5.41) is 12.6. The van der Waals surface area contributed by atoms with Crippen LogP contribution in [0.25, 0.3) is 0 Å². The molecule has 1 heterocycles. The zero-order valence-electron chi connectivity index (χ0n) is 21.6. The van der Waals surface area contributed by atoms with Crippen molar-refractivity contribution in [3.05, 3.63) is 106 Å². The normalized spacial score (nSPS) is 20.1. The van der Waals surface area contributed by atoms with Crippen LogP contribution in [0, 0.1) is 12.7 Å². The molecule has 1 aliphatic rings. The van der Waals surface area contributed by atoms with E-state index in [2.05, 4.69) is 5.32 Å². The number of nitrogens with zero attached hydrogens (tertiary/aromatic N) is 1. The Balaban J connectivity index is 1.65. The molecule has 2 amide bonds. The van der Waals surface area contributed by atoms with Gasteiger partial charge in [-0.2, -0.15) is 26.3 Å². The van der Waals surface area contributed by atoms with Gasteiger partial charge in [0.2, 0.25) is 0 Å². The third-order valence-electron chi connectivity index (χ3n) is 7.60. The Hall–Kier alpha value is -3.60. The molecule has 1 fully saturated rings. The zero-order valence-corrected chi connectivity index (χ0v) is 21.6. The predicted octanol–water partition coefficient (Wildman–Crippen LogP) is 6.71. The lowest BCUT2D eigenvalue weighted by atomic mass is 9.71. The van der Waals surface area contributed by atoms with Crippen LogP contribution in [0.3, 0.4) is 0 Å². The third-order valence-corrected chi connectivity index (χ3v) is 7.60. The van der Waals surface area contributed by atoms with Gasteiger partial charge in [-0.15, -0.1) is 0 Å². The quantitative estimate of drug-likeness (QED) is 0.336. The van der Waals surface area contributed by atoms with Crippen LogP contribution in [0.15, 0.2) is 72.8 Å². The largest absolute Gasteiger partial charge is 0.430 e. The highest BCUT2D eigenvalue weighted by Gasteiger charge is 2.71. The van der Waals surface area contributed by atoms with Crippen LogP contribution >= 0.6 is 0 Å². The molecular formula is C29H27F7N2O2. The molecule has 11 heteroatoms. The molecule has 4 rings (SSSR count). The van der Waals surface area contributed by atoms with Gasteiger partial charge < -0.3 is 15.3 Å². The average molecular weight is 569 g/mol. The van der Waals surface area contributed by atoms with Crippen molar-refractivity contribution < 1.29 is 40.6 Å². The van der Waals surface area contributed by atoms with Crippen molar-refractivity contribution in [3.63, 3.8) is 0 Å². The van der Waals surface area contributed by atoms with E-state index in [-0.39, 0.29) is 19.6 Å². The summed E-state index contributed by atoms with van der Waals surface area (Å²) in [6.07, 6.45) is -12.0. The molecule has 3 aromatic rings. The number of aliphatic hydroxyl groups is 1. The van der Waals surface area contributed by atoms with Gasteiger partial charge in [-0.05, 0) is 35.7 Å². The van der Waals surface area contributed by atoms with Gasteiger partial charge in [0, 0.05) is 36.5 Å². The van der Waals surface area contributed by atoms with Gasteiger partial charge in [0.05, 0.1) is 0 Å². The number of carbonyl (C=O) groups excluding carboxylic acids is 1. The number of urea groups is 1. The van der Waals surface area contributed by atoms with E-state index in [1.807, 2.05) is 31.2 Å². The molecule has 0 aromatic heterocycles. The van der Waals surface area contributed by atoms with Crippen LogP contribution in [-0.4, -0.2) is 41.5 Å². The molecule has 1 aliphatic heterocycles. The first-order valence-corrected chi connectivity index (χ1v) is 12.4. The summed E-state index contributed by atoms with van der Waals surface area (Å²) in [6.45, 7) is 4.22.